The van der Waals surface area contributed by atoms with Gasteiger partial charge in [-0.2, -0.15) is 0 Å². The largest absolute Gasteiger partial charge is 0.372 e. The maximum Gasteiger partial charge on any atom is 0.0366 e. The molecule has 0 unspecified atom stereocenters. The maximum atomic E-state index is 2.67. The molecule has 44 heavy (non-hydrogen) atoms. The van der Waals surface area contributed by atoms with Crippen LogP contribution >= 0.6 is 12.4 Å². The Bertz CT molecular complexity index is 596. The molecule has 0 atom stereocenters. The van der Waals surface area contributed by atoms with Crippen molar-refractivity contribution in [3.63, 3.8) is 0 Å². The predicted molar refractivity (Wildman–Crippen MR) is 205 cm³/mol. The summed E-state index contributed by atoms with van der Waals surface area (Å²) in [6.45, 7) is 7.09. The zero-order valence-electron chi connectivity index (χ0n) is 30.3. The van der Waals surface area contributed by atoms with E-state index in [0.29, 0.717) is 0 Å². The highest BCUT2D eigenvalue weighted by Gasteiger charge is 2.06. The van der Waals surface area contributed by atoms with E-state index in [1.165, 1.54) is 224 Å². The summed E-state index contributed by atoms with van der Waals surface area (Å²) in [7, 11) is 0. The van der Waals surface area contributed by atoms with Gasteiger partial charge < -0.3 is 4.90 Å². The van der Waals surface area contributed by atoms with Gasteiger partial charge in [-0.3, -0.25) is 0 Å². The highest BCUT2D eigenvalue weighted by molar-refractivity contribution is 5.85. The molecule has 0 fully saturated rings. The van der Waals surface area contributed by atoms with E-state index in [1.54, 1.807) is 0 Å². The first-order chi connectivity index (χ1) is 21.4. The molecule has 0 aliphatic heterocycles. The number of anilines is 1. The van der Waals surface area contributed by atoms with Crippen LogP contribution in [-0.4, -0.2) is 13.1 Å². The van der Waals surface area contributed by atoms with E-state index in [0.717, 1.165) is 0 Å². The van der Waals surface area contributed by atoms with Crippen LogP contribution in [0, 0.1) is 0 Å². The molecule has 2 heteroatoms. The van der Waals surface area contributed by atoms with Crippen LogP contribution in [-0.2, 0) is 0 Å². The van der Waals surface area contributed by atoms with Gasteiger partial charge >= 0.3 is 0 Å². The Labute approximate surface area is 284 Å². The number of hydrogen-bond acceptors (Lipinski definition) is 1. The predicted octanol–water partition coefficient (Wildman–Crippen LogP) is 15.4. The van der Waals surface area contributed by atoms with Gasteiger partial charge in [0.2, 0.25) is 0 Å². The summed E-state index contributed by atoms with van der Waals surface area (Å²) in [5, 5.41) is 0. The third-order valence-corrected chi connectivity index (χ3v) is 9.68. The molecule has 260 valence electrons. The molecule has 1 nitrogen and oxygen atoms in total. The summed E-state index contributed by atoms with van der Waals surface area (Å²) >= 11 is 0. The van der Waals surface area contributed by atoms with Gasteiger partial charge in [-0.15, -0.1) is 12.4 Å². The summed E-state index contributed by atoms with van der Waals surface area (Å²) in [6, 6.07) is 11.2. The van der Waals surface area contributed by atoms with Gasteiger partial charge in [0.15, 0.2) is 0 Å². The van der Waals surface area contributed by atoms with Crippen molar-refractivity contribution in [2.45, 2.75) is 219 Å². The van der Waals surface area contributed by atoms with Gasteiger partial charge in [0.1, 0.15) is 0 Å². The summed E-state index contributed by atoms with van der Waals surface area (Å²) in [6.07, 6.45) is 46.2. The van der Waals surface area contributed by atoms with Crippen molar-refractivity contribution in [3.8, 4) is 0 Å². The molecular formula is C42H80ClN. The highest BCUT2D eigenvalue weighted by Crippen LogP contribution is 2.19. The lowest BCUT2D eigenvalue weighted by Gasteiger charge is -2.25. The van der Waals surface area contributed by atoms with Crippen LogP contribution < -0.4 is 4.90 Å². The van der Waals surface area contributed by atoms with Crippen molar-refractivity contribution in [3.05, 3.63) is 30.3 Å². The zero-order valence-corrected chi connectivity index (χ0v) is 31.1. The lowest BCUT2D eigenvalue weighted by Crippen LogP contribution is -2.25. The lowest BCUT2D eigenvalue weighted by molar-refractivity contribution is 0.524. The van der Waals surface area contributed by atoms with E-state index in [9.17, 15) is 0 Å². The Kier molecular flexibility index (Phi) is 36.2. The number of hydrogen-bond donors (Lipinski definition) is 0. The molecule has 0 saturated carbocycles. The van der Waals surface area contributed by atoms with Crippen LogP contribution in [0.5, 0.6) is 0 Å². The number of halogens is 1. The summed E-state index contributed by atoms with van der Waals surface area (Å²) < 4.78 is 0. The van der Waals surface area contributed by atoms with Crippen LogP contribution in [0.25, 0.3) is 0 Å². The van der Waals surface area contributed by atoms with E-state index < -0.39 is 0 Å². The van der Waals surface area contributed by atoms with Crippen LogP contribution in [0.15, 0.2) is 30.3 Å². The normalized spacial score (nSPS) is 11.1. The quantitative estimate of drug-likeness (QED) is 0.0672. The van der Waals surface area contributed by atoms with Crippen molar-refractivity contribution in [1.82, 2.24) is 0 Å². The molecule has 0 bridgehead atoms. The van der Waals surface area contributed by atoms with Crippen molar-refractivity contribution in [2.75, 3.05) is 18.0 Å². The molecular weight excluding hydrogens is 554 g/mol. The number of rotatable bonds is 35. The van der Waals surface area contributed by atoms with Crippen molar-refractivity contribution >= 4 is 18.1 Å². The third-order valence-electron chi connectivity index (χ3n) is 9.68. The Morgan fingerprint density at radius 2 is 0.545 bits per heavy atom. The van der Waals surface area contributed by atoms with Crippen molar-refractivity contribution in [2.24, 2.45) is 0 Å². The first kappa shape index (κ1) is 43.3. The third kappa shape index (κ3) is 30.0. The highest BCUT2D eigenvalue weighted by atomic mass is 35.5. The number of nitrogens with zero attached hydrogens (tertiary/aromatic N) is 1. The van der Waals surface area contributed by atoms with Gasteiger partial charge in [0.05, 0.1) is 0 Å². The smallest absolute Gasteiger partial charge is 0.0366 e. The van der Waals surface area contributed by atoms with Crippen LogP contribution in [0.4, 0.5) is 5.69 Å². The van der Waals surface area contributed by atoms with E-state index in [2.05, 4.69) is 49.1 Å². The molecule has 0 spiro atoms. The minimum absolute atomic E-state index is 0. The molecule has 0 N–H and O–H groups in total. The van der Waals surface area contributed by atoms with Crippen molar-refractivity contribution in [1.29, 1.82) is 0 Å². The van der Waals surface area contributed by atoms with Crippen LogP contribution in [0.1, 0.15) is 219 Å². The Hall–Kier alpha value is -0.690. The molecule has 0 radical (unpaired) electrons. The van der Waals surface area contributed by atoms with Gasteiger partial charge in [0.25, 0.3) is 0 Å². The molecule has 0 saturated heterocycles. The molecule has 0 amide bonds. The van der Waals surface area contributed by atoms with Crippen LogP contribution in [0.3, 0.4) is 0 Å². The molecule has 0 heterocycles. The standard InChI is InChI=1S/C42H79N.ClH/c1-3-5-7-9-11-13-15-17-19-21-23-25-27-29-31-36-40-43(42-38-34-33-35-39-42)41-37-32-30-28-26-24-22-20-18-16-14-12-10-8-6-4-2;/h33-35,38-39H,3-32,36-37,40-41H2,1-2H3;1H. The van der Waals surface area contributed by atoms with E-state index in [4.69, 9.17) is 0 Å². The number of benzene rings is 1. The first-order valence-corrected chi connectivity index (χ1v) is 20.2. The fourth-order valence-corrected chi connectivity index (χ4v) is 6.71. The SMILES string of the molecule is CCCCCCCCCCCCCCCCCCN(CCCCCCCCCCCCCCCCCC)c1ccccc1.Cl. The minimum atomic E-state index is 0. The van der Waals surface area contributed by atoms with Crippen LogP contribution in [0.2, 0.25) is 0 Å². The molecule has 0 aliphatic carbocycles. The van der Waals surface area contributed by atoms with Gasteiger partial charge in [-0.25, -0.2) is 0 Å². The fraction of sp³-hybridized carbons (Fsp3) is 0.857. The van der Waals surface area contributed by atoms with Crippen molar-refractivity contribution < 1.29 is 0 Å². The summed E-state index contributed by atoms with van der Waals surface area (Å²) in [5.74, 6) is 0. The Morgan fingerprint density at radius 3 is 0.795 bits per heavy atom. The van der Waals surface area contributed by atoms with Gasteiger partial charge in [-0.05, 0) is 25.0 Å². The average Bonchev–Trinajstić information content (AvgIpc) is 3.03. The molecule has 1 rings (SSSR count). The monoisotopic (exact) mass is 634 g/mol. The number of para-hydroxylation sites is 1. The maximum absolute atomic E-state index is 2.67. The summed E-state index contributed by atoms with van der Waals surface area (Å²) in [5.41, 5.74) is 1.43. The zero-order chi connectivity index (χ0) is 30.7. The van der Waals surface area contributed by atoms with E-state index in [1.807, 2.05) is 0 Å². The Balaban J connectivity index is 0.0000185. The second-order valence-corrected chi connectivity index (χ2v) is 13.9. The second-order valence-electron chi connectivity index (χ2n) is 13.9. The lowest BCUT2D eigenvalue weighted by atomic mass is 10.0. The molecule has 0 aliphatic rings. The van der Waals surface area contributed by atoms with E-state index in [-0.39, 0.29) is 12.4 Å². The molecule has 1 aromatic carbocycles. The molecule has 1 aromatic rings. The average molecular weight is 635 g/mol. The van der Waals surface area contributed by atoms with E-state index >= 15 is 0 Å². The topological polar surface area (TPSA) is 3.24 Å². The number of unbranched alkanes of at least 4 members (excludes halogenated alkanes) is 30. The van der Waals surface area contributed by atoms with Gasteiger partial charge in [-0.1, -0.05) is 225 Å². The molecule has 0 aromatic heterocycles. The minimum Gasteiger partial charge on any atom is -0.372 e. The summed E-state index contributed by atoms with van der Waals surface area (Å²) in [4.78, 5) is 2.67. The first-order valence-electron chi connectivity index (χ1n) is 20.2. The Morgan fingerprint density at radius 1 is 0.318 bits per heavy atom. The fourth-order valence-electron chi connectivity index (χ4n) is 6.71. The second kappa shape index (κ2) is 36.8. The van der Waals surface area contributed by atoms with Gasteiger partial charge in [0, 0.05) is 18.8 Å².